The molecule has 0 aliphatic carbocycles. The summed E-state index contributed by atoms with van der Waals surface area (Å²) in [5.41, 5.74) is 1.92. The number of hydrogen-bond acceptors (Lipinski definition) is 1. The molecule has 3 aromatic rings. The van der Waals surface area contributed by atoms with Crippen LogP contribution in [0.25, 0.3) is 10.9 Å². The number of aromatic amines is 1. The van der Waals surface area contributed by atoms with Crippen LogP contribution in [0.3, 0.4) is 0 Å². The van der Waals surface area contributed by atoms with E-state index in [0.717, 1.165) is 17.0 Å². The maximum Gasteiger partial charge on any atom is 0.221 e. The average molecular weight is 329 g/mol. The Morgan fingerprint density at radius 3 is 2.62 bits per heavy atom. The van der Waals surface area contributed by atoms with Gasteiger partial charge in [-0.2, -0.15) is 0 Å². The van der Waals surface area contributed by atoms with Crippen LogP contribution in [-0.4, -0.2) is 16.8 Å². The highest BCUT2D eigenvalue weighted by atomic mass is 19.1. The first-order valence-electron chi connectivity index (χ1n) is 7.87. The molecule has 0 unspecified atom stereocenters. The predicted octanol–water partition coefficient (Wildman–Crippen LogP) is 3.34. The van der Waals surface area contributed by atoms with E-state index in [0.29, 0.717) is 11.1 Å². The molecule has 0 aliphatic heterocycles. The second kappa shape index (κ2) is 6.53. The number of para-hydroxylation sites is 1. The molecule has 0 spiro atoms. The topological polar surface area (TPSA) is 49.5 Å². The molecule has 1 aromatic heterocycles. The quantitative estimate of drug-likeness (QED) is 0.693. The van der Waals surface area contributed by atoms with Crippen molar-refractivity contribution in [2.24, 2.45) is 0 Å². The molecule has 2 aromatic carbocycles. The van der Waals surface area contributed by atoms with Crippen LogP contribution < -0.4 is 5.32 Å². The van der Waals surface area contributed by atoms with E-state index in [1.807, 2.05) is 24.3 Å². The molecule has 0 bridgehead atoms. The van der Waals surface area contributed by atoms with Gasteiger partial charge < -0.3 is 10.3 Å². The molecule has 3 nitrogen and oxygen atoms in total. The molecule has 2 atom stereocenters. The normalized spacial score (nSPS) is 13.8. The van der Waals surface area contributed by atoms with Crippen LogP contribution in [-0.2, 0) is 0 Å². The van der Waals surface area contributed by atoms with Crippen LogP contribution in [0.2, 0.25) is 0 Å². The molecular formula is C19H19F2N2O+. The largest absolute Gasteiger partial charge is 0.360 e. The minimum Gasteiger partial charge on any atom is -0.360 e. The molecule has 0 saturated heterocycles. The van der Waals surface area contributed by atoms with Crippen molar-refractivity contribution in [1.82, 2.24) is 4.98 Å². The van der Waals surface area contributed by atoms with E-state index in [4.69, 9.17) is 0 Å². The lowest BCUT2D eigenvalue weighted by Gasteiger charge is -2.16. The van der Waals surface area contributed by atoms with Crippen molar-refractivity contribution in [2.45, 2.75) is 25.9 Å². The number of carbonyl (C=O) groups is 1. The molecule has 0 radical (unpaired) electrons. The predicted molar refractivity (Wildman–Crippen MR) is 88.8 cm³/mol. The third-order valence-corrected chi connectivity index (χ3v) is 4.30. The summed E-state index contributed by atoms with van der Waals surface area (Å²) < 4.78 is 26.9. The second-order valence-electron chi connectivity index (χ2n) is 6.05. The van der Waals surface area contributed by atoms with Gasteiger partial charge in [0, 0.05) is 34.3 Å². The molecule has 5 heteroatoms. The van der Waals surface area contributed by atoms with Gasteiger partial charge in [-0.1, -0.05) is 18.2 Å². The molecule has 0 fully saturated rings. The van der Waals surface area contributed by atoms with Gasteiger partial charge in [0.1, 0.15) is 23.7 Å². The maximum atomic E-state index is 13.9. The van der Waals surface area contributed by atoms with Crippen LogP contribution in [0, 0.1) is 11.6 Å². The van der Waals surface area contributed by atoms with Crippen molar-refractivity contribution in [3.63, 3.8) is 0 Å². The van der Waals surface area contributed by atoms with Crippen LogP contribution in [0.4, 0.5) is 8.78 Å². The molecule has 0 amide bonds. The minimum absolute atomic E-state index is 0.0261. The zero-order valence-electron chi connectivity index (χ0n) is 13.5. The number of benzene rings is 2. The standard InChI is InChI=1S/C19H18F2N2O/c1-11(14-8-7-13(20)9-17(14)21)23-12(2)19(24)16-10-22-18-6-4-3-5-15(16)18/h3-12,22-23H,1-2H3/p+1/t11-,12-/m1/s1. The summed E-state index contributed by atoms with van der Waals surface area (Å²) in [5, 5.41) is 2.67. The summed E-state index contributed by atoms with van der Waals surface area (Å²) >= 11 is 0. The van der Waals surface area contributed by atoms with Crippen molar-refractivity contribution in [2.75, 3.05) is 0 Å². The molecular weight excluding hydrogens is 310 g/mol. The fraction of sp³-hybridized carbons (Fsp3) is 0.211. The van der Waals surface area contributed by atoms with Gasteiger partial charge in [-0.05, 0) is 32.0 Å². The van der Waals surface area contributed by atoms with Crippen molar-refractivity contribution in [3.8, 4) is 0 Å². The molecule has 24 heavy (non-hydrogen) atoms. The number of ketones is 1. The van der Waals surface area contributed by atoms with Crippen molar-refractivity contribution >= 4 is 16.7 Å². The number of rotatable bonds is 5. The summed E-state index contributed by atoms with van der Waals surface area (Å²) in [6, 6.07) is 10.4. The number of Topliss-reactive ketones (excluding diaryl/α,β-unsaturated/α-hetero) is 1. The van der Waals surface area contributed by atoms with Crippen molar-refractivity contribution in [3.05, 3.63) is 71.4 Å². The summed E-state index contributed by atoms with van der Waals surface area (Å²) in [6.45, 7) is 3.59. The van der Waals surface area contributed by atoms with Crippen molar-refractivity contribution < 1.29 is 18.9 Å². The summed E-state index contributed by atoms with van der Waals surface area (Å²) in [7, 11) is 0. The molecule has 1 heterocycles. The summed E-state index contributed by atoms with van der Waals surface area (Å²) in [4.78, 5) is 15.8. The van der Waals surface area contributed by atoms with Gasteiger partial charge in [0.05, 0.1) is 0 Å². The third-order valence-electron chi connectivity index (χ3n) is 4.30. The first-order chi connectivity index (χ1) is 11.5. The van der Waals surface area contributed by atoms with Gasteiger partial charge in [0.15, 0.2) is 0 Å². The lowest BCUT2D eigenvalue weighted by atomic mass is 10.0. The Balaban J connectivity index is 1.79. The van der Waals surface area contributed by atoms with Crippen LogP contribution >= 0.6 is 0 Å². The van der Waals surface area contributed by atoms with E-state index in [1.54, 1.807) is 25.4 Å². The van der Waals surface area contributed by atoms with Gasteiger partial charge in [-0.3, -0.25) is 4.79 Å². The number of fused-ring (bicyclic) bond motifs is 1. The number of quaternary nitrogens is 1. The number of carbonyl (C=O) groups excluding carboxylic acids is 1. The number of nitrogens with two attached hydrogens (primary N) is 1. The lowest BCUT2D eigenvalue weighted by molar-refractivity contribution is -0.709. The maximum absolute atomic E-state index is 13.9. The Hall–Kier alpha value is -2.53. The van der Waals surface area contributed by atoms with Crippen LogP contribution in [0.5, 0.6) is 0 Å². The average Bonchev–Trinajstić information content (AvgIpc) is 2.97. The highest BCUT2D eigenvalue weighted by Crippen LogP contribution is 2.19. The number of hydrogen-bond donors (Lipinski definition) is 2. The lowest BCUT2D eigenvalue weighted by Crippen LogP contribution is -2.91. The van der Waals surface area contributed by atoms with E-state index in [2.05, 4.69) is 4.98 Å². The summed E-state index contributed by atoms with van der Waals surface area (Å²) in [5.74, 6) is -1.22. The number of H-pyrrole nitrogens is 1. The second-order valence-corrected chi connectivity index (χ2v) is 6.05. The van der Waals surface area contributed by atoms with E-state index < -0.39 is 11.6 Å². The SMILES string of the molecule is C[C@@H]([NH2+][C@H](C)c1ccc(F)cc1F)C(=O)c1c[nH]c2ccccc12. The Bertz CT molecular complexity index is 888. The molecule has 124 valence electrons. The fourth-order valence-corrected chi connectivity index (χ4v) is 3.02. The molecule has 0 aliphatic rings. The van der Waals surface area contributed by atoms with Gasteiger partial charge in [0.2, 0.25) is 5.78 Å². The fourth-order valence-electron chi connectivity index (χ4n) is 3.02. The zero-order valence-corrected chi connectivity index (χ0v) is 13.5. The minimum atomic E-state index is -0.605. The van der Waals surface area contributed by atoms with Crippen LogP contribution in [0.15, 0.2) is 48.7 Å². The molecule has 3 rings (SSSR count). The smallest absolute Gasteiger partial charge is 0.221 e. The van der Waals surface area contributed by atoms with E-state index in [9.17, 15) is 13.6 Å². The van der Waals surface area contributed by atoms with E-state index in [-0.39, 0.29) is 17.9 Å². The number of nitrogens with one attached hydrogen (secondary N) is 1. The Morgan fingerprint density at radius 2 is 1.88 bits per heavy atom. The van der Waals surface area contributed by atoms with Gasteiger partial charge in [-0.25, -0.2) is 8.78 Å². The van der Waals surface area contributed by atoms with E-state index >= 15 is 0 Å². The van der Waals surface area contributed by atoms with Crippen molar-refractivity contribution in [1.29, 1.82) is 0 Å². The number of aromatic nitrogens is 1. The highest BCUT2D eigenvalue weighted by Gasteiger charge is 2.25. The highest BCUT2D eigenvalue weighted by molar-refractivity contribution is 6.09. The van der Waals surface area contributed by atoms with Gasteiger partial charge in [-0.15, -0.1) is 0 Å². The first-order valence-corrected chi connectivity index (χ1v) is 7.87. The van der Waals surface area contributed by atoms with Crippen LogP contribution in [0.1, 0.15) is 35.8 Å². The van der Waals surface area contributed by atoms with Gasteiger partial charge >= 0.3 is 0 Å². The Labute approximate surface area is 138 Å². The summed E-state index contributed by atoms with van der Waals surface area (Å²) in [6.07, 6.45) is 1.71. The Morgan fingerprint density at radius 1 is 1.12 bits per heavy atom. The number of halogens is 2. The molecule has 0 saturated carbocycles. The Kier molecular flexibility index (Phi) is 4.44. The molecule has 3 N–H and O–H groups in total. The zero-order chi connectivity index (χ0) is 17.3. The monoisotopic (exact) mass is 329 g/mol. The van der Waals surface area contributed by atoms with E-state index in [1.165, 1.54) is 12.1 Å². The first kappa shape index (κ1) is 16.3. The third kappa shape index (κ3) is 3.08. The van der Waals surface area contributed by atoms with Gasteiger partial charge in [0.25, 0.3) is 0 Å².